The Bertz CT molecular complexity index is 468. The second-order valence-corrected chi connectivity index (χ2v) is 5.31. The molecule has 1 heteroatoms. The highest BCUT2D eigenvalue weighted by Crippen LogP contribution is 2.31. The van der Waals surface area contributed by atoms with Crippen molar-refractivity contribution in [1.29, 1.82) is 0 Å². The summed E-state index contributed by atoms with van der Waals surface area (Å²) in [5.74, 6) is 0.112. The zero-order valence-electron chi connectivity index (χ0n) is 11.0. The summed E-state index contributed by atoms with van der Waals surface area (Å²) in [5.41, 5.74) is 1.72. The van der Waals surface area contributed by atoms with E-state index in [0.717, 1.165) is 6.42 Å². The molecule has 1 N–H and O–H groups in total. The molecule has 0 saturated carbocycles. The topological polar surface area (TPSA) is 20.2 Å². The number of hydrogen-bond acceptors (Lipinski definition) is 1. The summed E-state index contributed by atoms with van der Waals surface area (Å²) >= 11 is 0. The van der Waals surface area contributed by atoms with E-state index in [1.165, 1.54) is 11.1 Å². The zero-order chi connectivity index (χ0) is 13.0. The van der Waals surface area contributed by atoms with Crippen molar-refractivity contribution in [3.8, 4) is 0 Å². The van der Waals surface area contributed by atoms with Gasteiger partial charge in [-0.3, -0.25) is 0 Å². The van der Waals surface area contributed by atoms with Crippen LogP contribution in [0.15, 0.2) is 60.7 Å². The van der Waals surface area contributed by atoms with Crippen LogP contribution in [0.3, 0.4) is 0 Å². The molecule has 0 aliphatic carbocycles. The SMILES string of the molecule is CC(C)(O)[C@@H](Cc1ccccc1)c1ccccc1. The molecule has 2 aromatic carbocycles. The van der Waals surface area contributed by atoms with Crippen molar-refractivity contribution >= 4 is 0 Å². The molecule has 18 heavy (non-hydrogen) atoms. The third-order valence-corrected chi connectivity index (χ3v) is 3.34. The summed E-state index contributed by atoms with van der Waals surface area (Å²) < 4.78 is 0. The van der Waals surface area contributed by atoms with E-state index < -0.39 is 5.60 Å². The van der Waals surface area contributed by atoms with E-state index in [1.54, 1.807) is 0 Å². The number of benzene rings is 2. The van der Waals surface area contributed by atoms with Crippen LogP contribution in [0.25, 0.3) is 0 Å². The van der Waals surface area contributed by atoms with Gasteiger partial charge < -0.3 is 5.11 Å². The van der Waals surface area contributed by atoms with Gasteiger partial charge in [0.2, 0.25) is 0 Å². The summed E-state index contributed by atoms with van der Waals surface area (Å²) in [6.07, 6.45) is 0.856. The quantitative estimate of drug-likeness (QED) is 0.862. The zero-order valence-corrected chi connectivity index (χ0v) is 11.0. The Balaban J connectivity index is 2.28. The van der Waals surface area contributed by atoms with Crippen LogP contribution in [-0.2, 0) is 6.42 Å². The lowest BCUT2D eigenvalue weighted by Crippen LogP contribution is -2.30. The van der Waals surface area contributed by atoms with Gasteiger partial charge in [-0.15, -0.1) is 0 Å². The van der Waals surface area contributed by atoms with Gasteiger partial charge in [-0.1, -0.05) is 60.7 Å². The highest BCUT2D eigenvalue weighted by molar-refractivity contribution is 5.26. The lowest BCUT2D eigenvalue weighted by Gasteiger charge is -2.30. The summed E-state index contributed by atoms with van der Waals surface area (Å²) in [7, 11) is 0. The average Bonchev–Trinajstić information content (AvgIpc) is 2.37. The van der Waals surface area contributed by atoms with Crippen LogP contribution in [-0.4, -0.2) is 10.7 Å². The standard InChI is InChI=1S/C17H20O/c1-17(2,18)16(15-11-7-4-8-12-15)13-14-9-5-3-6-10-14/h3-12,16,18H,13H2,1-2H3/t16-/m0/s1. The van der Waals surface area contributed by atoms with Crippen LogP contribution in [0, 0.1) is 0 Å². The average molecular weight is 240 g/mol. The maximum absolute atomic E-state index is 10.4. The molecular weight excluding hydrogens is 220 g/mol. The second kappa shape index (κ2) is 5.36. The summed E-state index contributed by atoms with van der Waals surface area (Å²) in [6.45, 7) is 3.77. The Morgan fingerprint density at radius 2 is 1.39 bits per heavy atom. The van der Waals surface area contributed by atoms with E-state index >= 15 is 0 Å². The van der Waals surface area contributed by atoms with Gasteiger partial charge in [-0.2, -0.15) is 0 Å². The van der Waals surface area contributed by atoms with Crippen molar-refractivity contribution in [1.82, 2.24) is 0 Å². The third kappa shape index (κ3) is 3.21. The normalized spacial score (nSPS) is 13.3. The maximum Gasteiger partial charge on any atom is 0.0663 e. The Hall–Kier alpha value is -1.60. The summed E-state index contributed by atoms with van der Waals surface area (Å²) in [4.78, 5) is 0. The highest BCUT2D eigenvalue weighted by Gasteiger charge is 2.28. The van der Waals surface area contributed by atoms with E-state index in [9.17, 15) is 5.11 Å². The lowest BCUT2D eigenvalue weighted by molar-refractivity contribution is 0.0496. The van der Waals surface area contributed by atoms with Gasteiger partial charge >= 0.3 is 0 Å². The highest BCUT2D eigenvalue weighted by atomic mass is 16.3. The predicted octanol–water partition coefficient (Wildman–Crippen LogP) is 3.78. The van der Waals surface area contributed by atoms with Crippen LogP contribution in [0.1, 0.15) is 30.9 Å². The second-order valence-electron chi connectivity index (χ2n) is 5.31. The molecule has 1 nitrogen and oxygen atoms in total. The molecule has 0 bridgehead atoms. The molecule has 0 unspecified atom stereocenters. The Labute approximate surface area is 109 Å². The minimum absolute atomic E-state index is 0.112. The van der Waals surface area contributed by atoms with Crippen LogP contribution >= 0.6 is 0 Å². The van der Waals surface area contributed by atoms with Crippen LogP contribution in [0.4, 0.5) is 0 Å². The van der Waals surface area contributed by atoms with Gasteiger partial charge in [0.25, 0.3) is 0 Å². The number of rotatable bonds is 4. The van der Waals surface area contributed by atoms with Crippen molar-refractivity contribution in [2.24, 2.45) is 0 Å². The molecule has 94 valence electrons. The minimum Gasteiger partial charge on any atom is -0.390 e. The molecule has 0 fully saturated rings. The maximum atomic E-state index is 10.4. The molecule has 0 spiro atoms. The first kappa shape index (κ1) is 12.8. The van der Waals surface area contributed by atoms with Gasteiger partial charge in [-0.25, -0.2) is 0 Å². The fourth-order valence-corrected chi connectivity index (χ4v) is 2.31. The van der Waals surface area contributed by atoms with E-state index in [0.29, 0.717) is 0 Å². The smallest absolute Gasteiger partial charge is 0.0663 e. The van der Waals surface area contributed by atoms with Crippen molar-refractivity contribution in [2.75, 3.05) is 0 Å². The number of hydrogen-bond donors (Lipinski definition) is 1. The molecule has 0 amide bonds. The fourth-order valence-electron chi connectivity index (χ4n) is 2.31. The molecule has 0 aliphatic rings. The minimum atomic E-state index is -0.725. The molecule has 0 aromatic heterocycles. The molecule has 0 aliphatic heterocycles. The van der Waals surface area contributed by atoms with Crippen molar-refractivity contribution in [3.05, 3.63) is 71.8 Å². The van der Waals surface area contributed by atoms with E-state index in [2.05, 4.69) is 24.3 Å². The molecule has 0 saturated heterocycles. The van der Waals surface area contributed by atoms with Gasteiger partial charge in [0.1, 0.15) is 0 Å². The van der Waals surface area contributed by atoms with Crippen molar-refractivity contribution in [2.45, 2.75) is 31.8 Å². The third-order valence-electron chi connectivity index (χ3n) is 3.34. The van der Waals surface area contributed by atoms with Crippen molar-refractivity contribution < 1.29 is 5.11 Å². The van der Waals surface area contributed by atoms with Crippen molar-refractivity contribution in [3.63, 3.8) is 0 Å². The van der Waals surface area contributed by atoms with E-state index in [1.807, 2.05) is 50.2 Å². The van der Waals surface area contributed by atoms with E-state index in [4.69, 9.17) is 0 Å². The molecule has 0 radical (unpaired) electrons. The van der Waals surface area contributed by atoms with Gasteiger partial charge in [0.05, 0.1) is 5.60 Å². The van der Waals surface area contributed by atoms with Crippen LogP contribution in [0.5, 0.6) is 0 Å². The van der Waals surface area contributed by atoms with Gasteiger partial charge in [-0.05, 0) is 31.4 Å². The largest absolute Gasteiger partial charge is 0.390 e. The summed E-state index contributed by atoms with van der Waals surface area (Å²) in [6, 6.07) is 20.6. The summed E-state index contributed by atoms with van der Waals surface area (Å²) in [5, 5.41) is 10.4. The molecule has 2 rings (SSSR count). The Kier molecular flexibility index (Phi) is 3.83. The fraction of sp³-hybridized carbons (Fsp3) is 0.294. The van der Waals surface area contributed by atoms with Crippen LogP contribution in [0.2, 0.25) is 0 Å². The Morgan fingerprint density at radius 1 is 0.889 bits per heavy atom. The van der Waals surface area contributed by atoms with Gasteiger partial charge in [0, 0.05) is 5.92 Å². The first-order valence-corrected chi connectivity index (χ1v) is 6.38. The molecule has 1 atom stereocenters. The predicted molar refractivity (Wildman–Crippen MR) is 75.6 cm³/mol. The first-order valence-electron chi connectivity index (χ1n) is 6.38. The molecule has 0 heterocycles. The first-order chi connectivity index (χ1) is 8.57. The lowest BCUT2D eigenvalue weighted by atomic mass is 9.80. The molecule has 2 aromatic rings. The monoisotopic (exact) mass is 240 g/mol. The Morgan fingerprint density at radius 3 is 1.89 bits per heavy atom. The molecular formula is C17H20O. The van der Waals surface area contributed by atoms with E-state index in [-0.39, 0.29) is 5.92 Å². The van der Waals surface area contributed by atoms with Crippen LogP contribution < -0.4 is 0 Å². The van der Waals surface area contributed by atoms with Gasteiger partial charge in [0.15, 0.2) is 0 Å². The number of aliphatic hydroxyl groups is 1.